The third-order valence-corrected chi connectivity index (χ3v) is 5.94. The van der Waals surface area contributed by atoms with Gasteiger partial charge in [-0.2, -0.15) is 0 Å². The SMILES string of the molecule is CC[C@H](c1nnc(SCC(=O)Nc2ccc(Br)cc2F)n1-c1ccccc1)N(C)C. The Morgan fingerprint density at radius 1 is 1.23 bits per heavy atom. The summed E-state index contributed by atoms with van der Waals surface area (Å²) in [6, 6.07) is 14.4. The number of nitrogens with one attached hydrogen (secondary N) is 1. The molecule has 0 saturated carbocycles. The van der Waals surface area contributed by atoms with E-state index >= 15 is 0 Å². The highest BCUT2D eigenvalue weighted by atomic mass is 79.9. The first kappa shape index (κ1) is 22.5. The smallest absolute Gasteiger partial charge is 0.234 e. The number of carbonyl (C=O) groups is 1. The van der Waals surface area contributed by atoms with Crippen LogP contribution in [0.5, 0.6) is 0 Å². The molecule has 0 aliphatic heterocycles. The second-order valence-corrected chi connectivity index (χ2v) is 8.72. The zero-order valence-corrected chi connectivity index (χ0v) is 19.4. The first-order valence-electron chi connectivity index (χ1n) is 9.45. The van der Waals surface area contributed by atoms with Gasteiger partial charge in [0.25, 0.3) is 0 Å². The molecular formula is C21H23BrFN5OS. The molecule has 0 aliphatic carbocycles. The molecule has 9 heteroatoms. The van der Waals surface area contributed by atoms with Gasteiger partial charge in [0.2, 0.25) is 5.91 Å². The topological polar surface area (TPSA) is 63.1 Å². The number of benzene rings is 2. The fourth-order valence-corrected chi connectivity index (χ4v) is 4.19. The fraction of sp³-hybridized carbons (Fsp3) is 0.286. The molecule has 1 heterocycles. The van der Waals surface area contributed by atoms with Gasteiger partial charge >= 0.3 is 0 Å². The summed E-state index contributed by atoms with van der Waals surface area (Å²) < 4.78 is 16.6. The van der Waals surface area contributed by atoms with Crippen molar-refractivity contribution in [3.8, 4) is 5.69 Å². The van der Waals surface area contributed by atoms with Gasteiger partial charge < -0.3 is 5.32 Å². The number of nitrogens with zero attached hydrogens (tertiary/aromatic N) is 4. The summed E-state index contributed by atoms with van der Waals surface area (Å²) in [4.78, 5) is 14.5. The lowest BCUT2D eigenvalue weighted by Gasteiger charge is -2.23. The number of para-hydroxylation sites is 1. The van der Waals surface area contributed by atoms with Crippen LogP contribution in [0, 0.1) is 5.82 Å². The highest BCUT2D eigenvalue weighted by Gasteiger charge is 2.23. The minimum Gasteiger partial charge on any atom is -0.323 e. The van der Waals surface area contributed by atoms with Crippen LogP contribution in [0.15, 0.2) is 58.2 Å². The number of aromatic nitrogens is 3. The highest BCUT2D eigenvalue weighted by molar-refractivity contribution is 9.10. The minimum atomic E-state index is -0.491. The predicted molar refractivity (Wildman–Crippen MR) is 122 cm³/mol. The Morgan fingerprint density at radius 3 is 2.60 bits per heavy atom. The van der Waals surface area contributed by atoms with Crippen molar-refractivity contribution in [1.82, 2.24) is 19.7 Å². The van der Waals surface area contributed by atoms with Gasteiger partial charge in [-0.05, 0) is 50.8 Å². The van der Waals surface area contributed by atoms with Crippen LogP contribution in [0.1, 0.15) is 25.2 Å². The molecule has 0 unspecified atom stereocenters. The van der Waals surface area contributed by atoms with E-state index in [1.165, 1.54) is 23.9 Å². The van der Waals surface area contributed by atoms with E-state index in [4.69, 9.17) is 0 Å². The van der Waals surface area contributed by atoms with Gasteiger partial charge in [0.15, 0.2) is 11.0 Å². The molecule has 1 aromatic heterocycles. The van der Waals surface area contributed by atoms with Crippen LogP contribution < -0.4 is 5.32 Å². The summed E-state index contributed by atoms with van der Waals surface area (Å²) in [7, 11) is 4.01. The summed E-state index contributed by atoms with van der Waals surface area (Å²) in [6.45, 7) is 2.10. The van der Waals surface area contributed by atoms with Gasteiger partial charge in [0.05, 0.1) is 17.5 Å². The van der Waals surface area contributed by atoms with Crippen LogP contribution in [0.2, 0.25) is 0 Å². The Morgan fingerprint density at radius 2 is 1.97 bits per heavy atom. The highest BCUT2D eigenvalue weighted by Crippen LogP contribution is 2.28. The molecule has 158 valence electrons. The molecule has 0 fully saturated rings. The molecule has 0 saturated heterocycles. The van der Waals surface area contributed by atoms with Gasteiger partial charge in [-0.15, -0.1) is 10.2 Å². The second-order valence-electron chi connectivity index (χ2n) is 6.86. The Labute approximate surface area is 188 Å². The van der Waals surface area contributed by atoms with Crippen molar-refractivity contribution in [3.63, 3.8) is 0 Å². The third kappa shape index (κ3) is 5.27. The number of amides is 1. The molecule has 1 atom stereocenters. The van der Waals surface area contributed by atoms with Crippen molar-refractivity contribution in [2.45, 2.75) is 24.5 Å². The van der Waals surface area contributed by atoms with Crippen molar-refractivity contribution < 1.29 is 9.18 Å². The molecule has 0 radical (unpaired) electrons. The van der Waals surface area contributed by atoms with E-state index in [1.807, 2.05) is 49.0 Å². The first-order chi connectivity index (χ1) is 14.4. The van der Waals surface area contributed by atoms with E-state index in [2.05, 4.69) is 43.3 Å². The summed E-state index contributed by atoms with van der Waals surface area (Å²) in [6.07, 6.45) is 0.867. The zero-order valence-electron chi connectivity index (χ0n) is 17.0. The van der Waals surface area contributed by atoms with E-state index < -0.39 is 5.82 Å². The molecule has 0 aliphatic rings. The first-order valence-corrected chi connectivity index (χ1v) is 11.2. The minimum absolute atomic E-state index is 0.0812. The molecular weight excluding hydrogens is 469 g/mol. The molecule has 1 N–H and O–H groups in total. The maximum absolute atomic E-state index is 14.0. The van der Waals surface area contributed by atoms with Gasteiger partial charge in [-0.25, -0.2) is 4.39 Å². The number of thioether (sulfide) groups is 1. The molecule has 2 aromatic carbocycles. The normalized spacial score (nSPS) is 12.2. The van der Waals surface area contributed by atoms with Crippen LogP contribution in [-0.2, 0) is 4.79 Å². The molecule has 0 spiro atoms. The monoisotopic (exact) mass is 491 g/mol. The van der Waals surface area contributed by atoms with Crippen LogP contribution in [-0.4, -0.2) is 45.4 Å². The van der Waals surface area contributed by atoms with Gasteiger partial charge in [-0.3, -0.25) is 14.3 Å². The maximum Gasteiger partial charge on any atom is 0.234 e. The fourth-order valence-electron chi connectivity index (χ4n) is 3.10. The molecule has 3 rings (SSSR count). The Balaban J connectivity index is 1.82. The molecule has 1 amide bonds. The van der Waals surface area contributed by atoms with Gasteiger partial charge in [0, 0.05) is 10.2 Å². The van der Waals surface area contributed by atoms with Crippen molar-refractivity contribution in [3.05, 3.63) is 64.6 Å². The standard InChI is InChI=1S/C21H23BrFN5OS/c1-4-18(27(2)3)20-25-26-21(28(20)15-8-6-5-7-9-15)30-13-19(29)24-17-11-10-14(22)12-16(17)23/h5-12,18H,4,13H2,1-3H3,(H,24,29)/t18-/m1/s1. The maximum atomic E-state index is 14.0. The summed E-state index contributed by atoms with van der Waals surface area (Å²) >= 11 is 4.47. The Bertz CT molecular complexity index is 1010. The van der Waals surface area contributed by atoms with Crippen LogP contribution >= 0.6 is 27.7 Å². The number of halogens is 2. The number of hydrogen-bond donors (Lipinski definition) is 1. The van der Waals surface area contributed by atoms with E-state index in [0.29, 0.717) is 9.63 Å². The summed E-state index contributed by atoms with van der Waals surface area (Å²) in [5.74, 6) is 0.0917. The van der Waals surface area contributed by atoms with Crippen LogP contribution in [0.25, 0.3) is 5.69 Å². The number of hydrogen-bond acceptors (Lipinski definition) is 5. The van der Waals surface area contributed by atoms with Crippen molar-refractivity contribution >= 4 is 39.3 Å². The summed E-state index contributed by atoms with van der Waals surface area (Å²) in [5, 5.41) is 12.0. The Kier molecular flexibility index (Phi) is 7.63. The van der Waals surface area contributed by atoms with E-state index in [9.17, 15) is 9.18 Å². The Hall–Kier alpha value is -2.23. The molecule has 30 heavy (non-hydrogen) atoms. The second kappa shape index (κ2) is 10.2. The number of anilines is 1. The van der Waals surface area contributed by atoms with Crippen molar-refractivity contribution in [2.24, 2.45) is 0 Å². The number of carbonyl (C=O) groups excluding carboxylic acids is 1. The van der Waals surface area contributed by atoms with E-state index in [-0.39, 0.29) is 23.4 Å². The van der Waals surface area contributed by atoms with Crippen LogP contribution in [0.3, 0.4) is 0 Å². The molecule has 0 bridgehead atoms. The zero-order chi connectivity index (χ0) is 21.7. The lowest BCUT2D eigenvalue weighted by molar-refractivity contribution is -0.113. The van der Waals surface area contributed by atoms with E-state index in [0.717, 1.165) is 17.9 Å². The number of rotatable bonds is 8. The molecule has 3 aromatic rings. The third-order valence-electron chi connectivity index (χ3n) is 4.52. The quantitative estimate of drug-likeness (QED) is 0.453. The average molecular weight is 492 g/mol. The largest absolute Gasteiger partial charge is 0.323 e. The van der Waals surface area contributed by atoms with Crippen molar-refractivity contribution in [1.29, 1.82) is 0 Å². The summed E-state index contributed by atoms with van der Waals surface area (Å²) in [5.41, 5.74) is 1.08. The van der Waals surface area contributed by atoms with Gasteiger partial charge in [0.1, 0.15) is 5.82 Å². The lowest BCUT2D eigenvalue weighted by Crippen LogP contribution is -2.23. The van der Waals surface area contributed by atoms with Crippen molar-refractivity contribution in [2.75, 3.05) is 25.2 Å². The van der Waals surface area contributed by atoms with Crippen LogP contribution in [0.4, 0.5) is 10.1 Å². The van der Waals surface area contributed by atoms with Gasteiger partial charge in [-0.1, -0.05) is 52.8 Å². The lowest BCUT2D eigenvalue weighted by atomic mass is 10.2. The predicted octanol–water partition coefficient (Wildman–Crippen LogP) is 4.91. The average Bonchev–Trinajstić information content (AvgIpc) is 3.13. The molecule has 6 nitrogen and oxygen atoms in total. The van der Waals surface area contributed by atoms with E-state index in [1.54, 1.807) is 6.07 Å².